The third-order valence-electron chi connectivity index (χ3n) is 3.25. The first-order valence-electron chi connectivity index (χ1n) is 6.77. The Bertz CT molecular complexity index is 464. The molecule has 0 aliphatic carbocycles. The molecule has 20 heavy (non-hydrogen) atoms. The normalized spacial score (nSPS) is 13.8. The van der Waals surface area contributed by atoms with E-state index in [1.54, 1.807) is 32.0 Å². The highest BCUT2D eigenvalue weighted by Gasteiger charge is 2.32. The number of carboxylic acid groups (broad SMARTS) is 1. The highest BCUT2D eigenvalue weighted by atomic mass is 19.1. The molecule has 4 nitrogen and oxygen atoms in total. The van der Waals surface area contributed by atoms with Crippen molar-refractivity contribution >= 4 is 5.97 Å². The molecule has 0 fully saturated rings. The number of aryl methyl sites for hydroxylation is 1. The summed E-state index contributed by atoms with van der Waals surface area (Å²) in [5.41, 5.74) is -0.552. The van der Waals surface area contributed by atoms with Gasteiger partial charge >= 0.3 is 5.97 Å². The second-order valence-corrected chi connectivity index (χ2v) is 5.05. The van der Waals surface area contributed by atoms with Gasteiger partial charge in [-0.15, -0.1) is 0 Å². The summed E-state index contributed by atoms with van der Waals surface area (Å²) in [5, 5.41) is 12.2. The van der Waals surface area contributed by atoms with Gasteiger partial charge in [0.2, 0.25) is 0 Å². The van der Waals surface area contributed by atoms with Crippen LogP contribution in [0.3, 0.4) is 0 Å². The van der Waals surface area contributed by atoms with Crippen LogP contribution in [0.5, 0.6) is 5.75 Å². The summed E-state index contributed by atoms with van der Waals surface area (Å²) in [5.74, 6) is -1.17. The van der Waals surface area contributed by atoms with Crippen molar-refractivity contribution in [3.05, 3.63) is 29.6 Å². The first-order chi connectivity index (χ1) is 9.40. The van der Waals surface area contributed by atoms with Crippen LogP contribution in [0.25, 0.3) is 0 Å². The fourth-order valence-electron chi connectivity index (χ4n) is 1.77. The number of hydrogen-bond donors (Lipinski definition) is 2. The zero-order chi connectivity index (χ0) is 15.2. The predicted molar refractivity (Wildman–Crippen MR) is 75.6 cm³/mol. The van der Waals surface area contributed by atoms with Crippen molar-refractivity contribution < 1.29 is 19.0 Å². The number of hydrogen-bond acceptors (Lipinski definition) is 3. The number of carbonyl (C=O) groups is 1. The molecule has 0 amide bonds. The van der Waals surface area contributed by atoms with Crippen LogP contribution in [-0.2, 0) is 4.79 Å². The number of halogens is 1. The molecule has 5 heteroatoms. The van der Waals surface area contributed by atoms with Gasteiger partial charge in [-0.05, 0) is 38.4 Å². The van der Waals surface area contributed by atoms with Gasteiger partial charge in [0.05, 0.1) is 6.61 Å². The van der Waals surface area contributed by atoms with Gasteiger partial charge < -0.3 is 15.2 Å². The van der Waals surface area contributed by atoms with Crippen molar-refractivity contribution in [2.75, 3.05) is 13.2 Å². The smallest absolute Gasteiger partial charge is 0.323 e. The monoisotopic (exact) mass is 283 g/mol. The third kappa shape index (κ3) is 4.20. The molecule has 0 aliphatic rings. The van der Waals surface area contributed by atoms with Gasteiger partial charge in [0, 0.05) is 6.42 Å². The van der Waals surface area contributed by atoms with Crippen LogP contribution in [0.15, 0.2) is 18.2 Å². The Morgan fingerprint density at radius 2 is 2.20 bits per heavy atom. The molecule has 1 rings (SSSR count). The fraction of sp³-hybridized carbons (Fsp3) is 0.533. The van der Waals surface area contributed by atoms with Crippen molar-refractivity contribution in [3.8, 4) is 5.75 Å². The summed E-state index contributed by atoms with van der Waals surface area (Å²) in [6.45, 7) is 5.99. The summed E-state index contributed by atoms with van der Waals surface area (Å²) >= 11 is 0. The van der Waals surface area contributed by atoms with Crippen molar-refractivity contribution in [3.63, 3.8) is 0 Å². The zero-order valence-electron chi connectivity index (χ0n) is 12.2. The van der Waals surface area contributed by atoms with Crippen LogP contribution in [0, 0.1) is 12.7 Å². The molecule has 1 unspecified atom stereocenters. The summed E-state index contributed by atoms with van der Waals surface area (Å²) in [4.78, 5) is 11.3. The van der Waals surface area contributed by atoms with Crippen molar-refractivity contribution in [1.29, 1.82) is 0 Å². The highest BCUT2D eigenvalue weighted by Crippen LogP contribution is 2.20. The van der Waals surface area contributed by atoms with Crippen molar-refractivity contribution in [2.24, 2.45) is 0 Å². The Hall–Kier alpha value is -1.62. The molecular formula is C15H22FNO3. The number of aliphatic carboxylic acids is 1. The molecule has 0 aliphatic heterocycles. The Labute approximate surface area is 119 Å². The van der Waals surface area contributed by atoms with Gasteiger partial charge in [0.25, 0.3) is 0 Å². The number of nitrogens with one attached hydrogen (secondary N) is 1. The minimum atomic E-state index is -1.06. The van der Waals surface area contributed by atoms with Crippen LogP contribution in [0.4, 0.5) is 4.39 Å². The fourth-order valence-corrected chi connectivity index (χ4v) is 1.77. The lowest BCUT2D eigenvalue weighted by atomic mass is 9.98. The summed E-state index contributed by atoms with van der Waals surface area (Å²) in [7, 11) is 0. The largest absolute Gasteiger partial charge is 0.490 e. The second kappa shape index (κ2) is 7.24. The average Bonchev–Trinajstić information content (AvgIpc) is 2.41. The molecule has 0 saturated heterocycles. The first kappa shape index (κ1) is 16.4. The van der Waals surface area contributed by atoms with Gasteiger partial charge in [0.1, 0.15) is 5.54 Å². The average molecular weight is 283 g/mol. The lowest BCUT2D eigenvalue weighted by Gasteiger charge is -2.26. The molecule has 0 spiro atoms. The lowest BCUT2D eigenvalue weighted by Crippen LogP contribution is -2.50. The van der Waals surface area contributed by atoms with E-state index < -0.39 is 17.3 Å². The summed E-state index contributed by atoms with van der Waals surface area (Å²) in [6.07, 6.45) is 1.10. The molecule has 0 bridgehead atoms. The second-order valence-electron chi connectivity index (χ2n) is 5.05. The maximum Gasteiger partial charge on any atom is 0.323 e. The predicted octanol–water partition coefficient (Wildman–Crippen LogP) is 2.75. The van der Waals surface area contributed by atoms with Gasteiger partial charge in [0.15, 0.2) is 11.6 Å². The number of benzene rings is 1. The van der Waals surface area contributed by atoms with Gasteiger partial charge in [-0.1, -0.05) is 19.1 Å². The van der Waals surface area contributed by atoms with Crippen molar-refractivity contribution in [2.45, 2.75) is 39.2 Å². The van der Waals surface area contributed by atoms with E-state index in [1.807, 2.05) is 6.92 Å². The Kier molecular flexibility index (Phi) is 5.95. The molecule has 0 radical (unpaired) electrons. The minimum Gasteiger partial charge on any atom is -0.490 e. The van der Waals surface area contributed by atoms with Crippen molar-refractivity contribution in [1.82, 2.24) is 5.32 Å². The Morgan fingerprint density at radius 3 is 2.80 bits per heavy atom. The number of carboxylic acids is 1. The molecule has 1 aromatic rings. The van der Waals surface area contributed by atoms with Crippen LogP contribution in [-0.4, -0.2) is 29.8 Å². The molecule has 2 N–H and O–H groups in total. The van der Waals surface area contributed by atoms with E-state index in [0.717, 1.165) is 6.42 Å². The summed E-state index contributed by atoms with van der Waals surface area (Å²) in [6, 6.07) is 4.91. The maximum absolute atomic E-state index is 13.7. The van der Waals surface area contributed by atoms with Gasteiger partial charge in [-0.25, -0.2) is 4.39 Å². The summed E-state index contributed by atoms with van der Waals surface area (Å²) < 4.78 is 19.1. The first-order valence-corrected chi connectivity index (χ1v) is 6.77. The molecule has 0 heterocycles. The van der Waals surface area contributed by atoms with E-state index in [2.05, 4.69) is 5.32 Å². The standard InChI is InChI=1S/C15H22FNO3/c1-4-9-17-15(3,14(18)19)8-10-20-12-7-5-6-11(2)13(12)16/h5-7,17H,4,8-10H2,1-3H3,(H,18,19). The van der Waals surface area contributed by atoms with Crippen LogP contribution in [0.2, 0.25) is 0 Å². The Balaban J connectivity index is 2.60. The number of rotatable bonds is 8. The van der Waals surface area contributed by atoms with E-state index in [4.69, 9.17) is 4.74 Å². The van der Waals surface area contributed by atoms with E-state index >= 15 is 0 Å². The van der Waals surface area contributed by atoms with Crippen LogP contribution >= 0.6 is 0 Å². The minimum absolute atomic E-state index is 0.139. The maximum atomic E-state index is 13.7. The van der Waals surface area contributed by atoms with E-state index in [9.17, 15) is 14.3 Å². The molecule has 0 saturated carbocycles. The van der Waals surface area contributed by atoms with Crippen LogP contribution in [0.1, 0.15) is 32.3 Å². The zero-order valence-corrected chi connectivity index (χ0v) is 12.2. The number of ether oxygens (including phenoxy) is 1. The molecule has 1 aromatic carbocycles. The molecule has 112 valence electrons. The van der Waals surface area contributed by atoms with Crippen LogP contribution < -0.4 is 10.1 Å². The SMILES string of the molecule is CCCNC(C)(CCOc1cccc(C)c1F)C(=O)O. The lowest BCUT2D eigenvalue weighted by molar-refractivity contribution is -0.144. The van der Waals surface area contributed by atoms with Gasteiger partial charge in [-0.2, -0.15) is 0 Å². The van der Waals surface area contributed by atoms with Gasteiger partial charge in [-0.3, -0.25) is 4.79 Å². The van der Waals surface area contributed by atoms with E-state index in [0.29, 0.717) is 12.1 Å². The van der Waals surface area contributed by atoms with E-state index in [-0.39, 0.29) is 18.8 Å². The molecule has 0 aromatic heterocycles. The topological polar surface area (TPSA) is 58.6 Å². The quantitative estimate of drug-likeness (QED) is 0.770. The van der Waals surface area contributed by atoms with E-state index in [1.165, 1.54) is 0 Å². The molecule has 1 atom stereocenters. The molecular weight excluding hydrogens is 261 g/mol. The third-order valence-corrected chi connectivity index (χ3v) is 3.25. The Morgan fingerprint density at radius 1 is 1.50 bits per heavy atom. The highest BCUT2D eigenvalue weighted by molar-refractivity contribution is 5.78.